The maximum atomic E-state index is 6.01. The molecule has 1 aliphatic rings. The van der Waals surface area contributed by atoms with Crippen molar-refractivity contribution in [3.63, 3.8) is 0 Å². The lowest BCUT2D eigenvalue weighted by molar-refractivity contribution is 0.0312. The van der Waals surface area contributed by atoms with Gasteiger partial charge in [-0.15, -0.1) is 12.4 Å². The van der Waals surface area contributed by atoms with Crippen LogP contribution in [0, 0.1) is 11.3 Å². The van der Waals surface area contributed by atoms with Gasteiger partial charge in [-0.05, 0) is 68.3 Å². The minimum absolute atomic E-state index is 0. The van der Waals surface area contributed by atoms with E-state index >= 15 is 0 Å². The summed E-state index contributed by atoms with van der Waals surface area (Å²) in [5.74, 6) is 1.46. The molecule has 0 bridgehead atoms. The third kappa shape index (κ3) is 4.85. The predicted molar refractivity (Wildman–Crippen MR) is 94.7 cm³/mol. The highest BCUT2D eigenvalue weighted by Gasteiger charge is 2.47. The number of hydrogen-bond donors (Lipinski definition) is 0. The molecule has 4 heteroatoms. The molecule has 0 amide bonds. The van der Waals surface area contributed by atoms with Gasteiger partial charge in [0.1, 0.15) is 0 Å². The maximum absolute atomic E-state index is 6.01. The quantitative estimate of drug-likeness (QED) is 0.785. The van der Waals surface area contributed by atoms with Crippen molar-refractivity contribution in [3.8, 4) is 0 Å². The molecule has 2 atom stereocenters. The number of hydrogen-bond acceptors (Lipinski definition) is 1. The summed E-state index contributed by atoms with van der Waals surface area (Å²) >= 11 is 6.01. The minimum Gasteiger partial charge on any atom is -0.412 e. The SMILES string of the molecule is CC(C)CC1(CN(C)C)CCC1c1ccc(Cl)cc1.Cl.O. The van der Waals surface area contributed by atoms with Crippen LogP contribution in [0.4, 0.5) is 0 Å². The van der Waals surface area contributed by atoms with Crippen molar-refractivity contribution in [3.05, 3.63) is 34.9 Å². The lowest BCUT2D eigenvalue weighted by atomic mass is 9.54. The Morgan fingerprint density at radius 2 is 1.81 bits per heavy atom. The minimum atomic E-state index is 0. The number of rotatable bonds is 5. The van der Waals surface area contributed by atoms with Crippen LogP contribution in [0.3, 0.4) is 0 Å². The first-order valence-corrected chi connectivity index (χ1v) is 7.71. The van der Waals surface area contributed by atoms with Crippen molar-refractivity contribution in [2.45, 2.75) is 39.0 Å². The summed E-state index contributed by atoms with van der Waals surface area (Å²) < 4.78 is 0. The molecule has 0 heterocycles. The van der Waals surface area contributed by atoms with E-state index in [1.807, 2.05) is 12.1 Å². The van der Waals surface area contributed by atoms with E-state index in [0.717, 1.165) is 10.9 Å². The van der Waals surface area contributed by atoms with E-state index in [9.17, 15) is 0 Å². The third-order valence-electron chi connectivity index (χ3n) is 4.39. The molecule has 2 unspecified atom stereocenters. The number of benzene rings is 1. The zero-order valence-corrected chi connectivity index (χ0v) is 15.1. The molecule has 1 aliphatic carbocycles. The molecule has 0 spiro atoms. The second-order valence-electron chi connectivity index (χ2n) is 6.84. The maximum Gasteiger partial charge on any atom is 0.0406 e. The lowest BCUT2D eigenvalue weighted by Gasteiger charge is -2.52. The van der Waals surface area contributed by atoms with Crippen molar-refractivity contribution in [2.75, 3.05) is 20.6 Å². The normalized spacial score (nSPS) is 24.2. The highest BCUT2D eigenvalue weighted by atomic mass is 35.5. The van der Waals surface area contributed by atoms with Crippen LogP contribution in [0.15, 0.2) is 24.3 Å². The first-order valence-electron chi connectivity index (χ1n) is 7.33. The van der Waals surface area contributed by atoms with Gasteiger partial charge in [0.2, 0.25) is 0 Å². The zero-order valence-electron chi connectivity index (χ0n) is 13.5. The van der Waals surface area contributed by atoms with Gasteiger partial charge in [-0.25, -0.2) is 0 Å². The molecular formula is C17H29Cl2NO. The van der Waals surface area contributed by atoms with Crippen LogP contribution in [0.25, 0.3) is 0 Å². The van der Waals surface area contributed by atoms with Gasteiger partial charge in [0.15, 0.2) is 0 Å². The van der Waals surface area contributed by atoms with Gasteiger partial charge < -0.3 is 10.4 Å². The Labute approximate surface area is 140 Å². The molecule has 1 saturated carbocycles. The van der Waals surface area contributed by atoms with Gasteiger partial charge in [-0.1, -0.05) is 37.6 Å². The van der Waals surface area contributed by atoms with Crippen LogP contribution in [0.1, 0.15) is 44.6 Å². The highest BCUT2D eigenvalue weighted by molar-refractivity contribution is 6.30. The molecular weight excluding hydrogens is 305 g/mol. The molecule has 2 nitrogen and oxygen atoms in total. The first kappa shape index (κ1) is 20.7. The van der Waals surface area contributed by atoms with Gasteiger partial charge >= 0.3 is 0 Å². The molecule has 122 valence electrons. The third-order valence-corrected chi connectivity index (χ3v) is 4.64. The fourth-order valence-electron chi connectivity index (χ4n) is 3.85. The highest BCUT2D eigenvalue weighted by Crippen LogP contribution is 2.56. The van der Waals surface area contributed by atoms with Crippen LogP contribution in [-0.4, -0.2) is 31.0 Å². The summed E-state index contributed by atoms with van der Waals surface area (Å²) in [5.41, 5.74) is 1.93. The summed E-state index contributed by atoms with van der Waals surface area (Å²) in [5, 5.41) is 0.838. The molecule has 2 N–H and O–H groups in total. The average molecular weight is 334 g/mol. The molecule has 0 aliphatic heterocycles. The second-order valence-corrected chi connectivity index (χ2v) is 7.28. The van der Waals surface area contributed by atoms with E-state index in [4.69, 9.17) is 11.6 Å². The van der Waals surface area contributed by atoms with E-state index in [1.165, 1.54) is 31.4 Å². The largest absolute Gasteiger partial charge is 0.412 e. The number of halogens is 2. The Balaban J connectivity index is 0.00000200. The molecule has 21 heavy (non-hydrogen) atoms. The van der Waals surface area contributed by atoms with Gasteiger partial charge in [0.25, 0.3) is 0 Å². The van der Waals surface area contributed by atoms with E-state index in [0.29, 0.717) is 11.3 Å². The monoisotopic (exact) mass is 333 g/mol. The average Bonchev–Trinajstić information content (AvgIpc) is 2.28. The Morgan fingerprint density at radius 1 is 1.24 bits per heavy atom. The van der Waals surface area contributed by atoms with Gasteiger partial charge in [-0.2, -0.15) is 0 Å². The first-order chi connectivity index (χ1) is 8.93. The lowest BCUT2D eigenvalue weighted by Crippen LogP contribution is -2.46. The van der Waals surface area contributed by atoms with Crippen LogP contribution >= 0.6 is 24.0 Å². The van der Waals surface area contributed by atoms with E-state index in [1.54, 1.807) is 0 Å². The molecule has 0 saturated heterocycles. The Morgan fingerprint density at radius 3 is 2.19 bits per heavy atom. The van der Waals surface area contributed by atoms with Crippen molar-refractivity contribution in [1.82, 2.24) is 4.90 Å². The molecule has 2 rings (SSSR count). The van der Waals surface area contributed by atoms with Crippen molar-refractivity contribution in [2.24, 2.45) is 11.3 Å². The van der Waals surface area contributed by atoms with Gasteiger partial charge in [0.05, 0.1) is 0 Å². The van der Waals surface area contributed by atoms with Crippen LogP contribution in [0.2, 0.25) is 5.02 Å². The molecule has 1 fully saturated rings. The standard InChI is InChI=1S/C17H26ClN.ClH.H2O/c1-13(2)11-17(12-19(3)4)10-9-16(17)14-5-7-15(18)8-6-14;;/h5-8,13,16H,9-12H2,1-4H3;1H;1H2. The Kier molecular flexibility index (Phi) is 8.27. The van der Waals surface area contributed by atoms with Crippen molar-refractivity contribution < 1.29 is 5.48 Å². The fourth-order valence-corrected chi connectivity index (χ4v) is 3.98. The van der Waals surface area contributed by atoms with E-state index in [2.05, 4.69) is 45.0 Å². The summed E-state index contributed by atoms with van der Waals surface area (Å²) in [6, 6.07) is 8.50. The molecule has 0 radical (unpaired) electrons. The van der Waals surface area contributed by atoms with Gasteiger partial charge in [0, 0.05) is 11.6 Å². The second kappa shape index (κ2) is 8.38. The van der Waals surface area contributed by atoms with Crippen molar-refractivity contribution in [1.29, 1.82) is 0 Å². The van der Waals surface area contributed by atoms with Crippen LogP contribution in [-0.2, 0) is 0 Å². The van der Waals surface area contributed by atoms with Crippen molar-refractivity contribution >= 4 is 24.0 Å². The van der Waals surface area contributed by atoms with Crippen LogP contribution < -0.4 is 0 Å². The Hall–Kier alpha value is -0.280. The summed E-state index contributed by atoms with van der Waals surface area (Å²) in [6.45, 7) is 5.88. The predicted octanol–water partition coefficient (Wildman–Crippen LogP) is 4.41. The van der Waals surface area contributed by atoms with E-state index in [-0.39, 0.29) is 17.9 Å². The summed E-state index contributed by atoms with van der Waals surface area (Å²) in [7, 11) is 4.39. The van der Waals surface area contributed by atoms with Gasteiger partial charge in [-0.3, -0.25) is 0 Å². The zero-order chi connectivity index (χ0) is 14.0. The van der Waals surface area contributed by atoms with Crippen LogP contribution in [0.5, 0.6) is 0 Å². The molecule has 0 aromatic heterocycles. The molecule has 1 aromatic rings. The summed E-state index contributed by atoms with van der Waals surface area (Å²) in [4.78, 5) is 2.35. The smallest absolute Gasteiger partial charge is 0.0406 e. The number of nitrogens with zero attached hydrogens (tertiary/aromatic N) is 1. The topological polar surface area (TPSA) is 34.7 Å². The summed E-state index contributed by atoms with van der Waals surface area (Å²) in [6.07, 6.45) is 4.00. The molecule has 1 aromatic carbocycles. The Bertz CT molecular complexity index is 407. The van der Waals surface area contributed by atoms with E-state index < -0.39 is 0 Å². The fraction of sp³-hybridized carbons (Fsp3) is 0.647.